The van der Waals surface area contributed by atoms with Crippen LogP contribution >= 0.6 is 22.6 Å². The topological polar surface area (TPSA) is 38.7 Å². The molecule has 120 valence electrons. The van der Waals surface area contributed by atoms with Crippen molar-refractivity contribution in [2.45, 2.75) is 0 Å². The van der Waals surface area contributed by atoms with Gasteiger partial charge < -0.3 is 0 Å². The molecule has 0 spiro atoms. The lowest BCUT2D eigenvalue weighted by Crippen LogP contribution is -1.94. The summed E-state index contributed by atoms with van der Waals surface area (Å²) in [7, 11) is 0. The highest BCUT2D eigenvalue weighted by Crippen LogP contribution is 2.31. The molecule has 0 fully saturated rings. The van der Waals surface area contributed by atoms with Gasteiger partial charge in [-0.15, -0.1) is 0 Å². The van der Waals surface area contributed by atoms with Gasteiger partial charge in [0.05, 0.1) is 22.8 Å². The molecule has 0 aliphatic heterocycles. The third-order valence-corrected chi connectivity index (χ3v) is 4.81. The summed E-state index contributed by atoms with van der Waals surface area (Å²) in [4.78, 5) is 13.7. The van der Waals surface area contributed by atoms with E-state index in [0.717, 1.165) is 28.3 Å². The summed E-state index contributed by atoms with van der Waals surface area (Å²) in [6.45, 7) is 0. The Kier molecular flexibility index (Phi) is 4.52. The summed E-state index contributed by atoms with van der Waals surface area (Å²) < 4.78 is 1.20. The van der Waals surface area contributed by atoms with Crippen LogP contribution in [0.25, 0.3) is 33.9 Å². The van der Waals surface area contributed by atoms with Crippen LogP contribution in [0.15, 0.2) is 85.2 Å². The fourth-order valence-corrected chi connectivity index (χ4v) is 3.37. The van der Waals surface area contributed by atoms with Gasteiger partial charge in [-0.1, -0.05) is 30.3 Å². The summed E-state index contributed by atoms with van der Waals surface area (Å²) in [6, 6.07) is 24.2. The minimum Gasteiger partial charge on any atom is -0.255 e. The highest BCUT2D eigenvalue weighted by molar-refractivity contribution is 14.1. The number of aromatic nitrogens is 3. The summed E-state index contributed by atoms with van der Waals surface area (Å²) >= 11 is 2.37. The first-order valence-corrected chi connectivity index (χ1v) is 8.99. The van der Waals surface area contributed by atoms with E-state index in [1.807, 2.05) is 42.5 Å². The average Bonchev–Trinajstić information content (AvgIpc) is 2.69. The molecular formula is C21H14IN3. The summed E-state index contributed by atoms with van der Waals surface area (Å²) in [5.41, 5.74) is 5.69. The molecule has 4 aromatic rings. The lowest BCUT2D eigenvalue weighted by molar-refractivity contribution is 1.22. The van der Waals surface area contributed by atoms with Gasteiger partial charge in [0.1, 0.15) is 0 Å². The second-order valence-corrected chi connectivity index (χ2v) is 6.70. The van der Waals surface area contributed by atoms with Gasteiger partial charge in [-0.05, 0) is 76.2 Å². The molecule has 3 heterocycles. The number of rotatable bonds is 3. The van der Waals surface area contributed by atoms with Crippen molar-refractivity contribution in [2.24, 2.45) is 0 Å². The van der Waals surface area contributed by atoms with E-state index in [0.29, 0.717) is 0 Å². The first-order chi connectivity index (χ1) is 12.3. The van der Waals surface area contributed by atoms with Gasteiger partial charge in [0.25, 0.3) is 0 Å². The normalized spacial score (nSPS) is 10.6. The quantitative estimate of drug-likeness (QED) is 0.401. The molecule has 3 nitrogen and oxygen atoms in total. The summed E-state index contributed by atoms with van der Waals surface area (Å²) in [5.74, 6) is 0. The van der Waals surface area contributed by atoms with Crippen LogP contribution in [-0.2, 0) is 0 Å². The Hall–Kier alpha value is -2.60. The molecule has 0 bridgehead atoms. The van der Waals surface area contributed by atoms with Crippen LogP contribution in [0.3, 0.4) is 0 Å². The third-order valence-electron chi connectivity index (χ3n) is 3.86. The number of benzene rings is 1. The van der Waals surface area contributed by atoms with Crippen molar-refractivity contribution in [2.75, 3.05) is 0 Å². The van der Waals surface area contributed by atoms with Crippen molar-refractivity contribution in [3.8, 4) is 33.9 Å². The van der Waals surface area contributed by atoms with E-state index in [1.54, 1.807) is 12.4 Å². The zero-order valence-electron chi connectivity index (χ0n) is 13.3. The lowest BCUT2D eigenvalue weighted by Gasteiger charge is -2.10. The number of hydrogen-bond donors (Lipinski definition) is 0. The zero-order chi connectivity index (χ0) is 17.1. The van der Waals surface area contributed by atoms with Crippen LogP contribution in [0.5, 0.6) is 0 Å². The first-order valence-electron chi connectivity index (χ1n) is 7.91. The SMILES string of the molecule is Ic1ccccc1-c1cc(-c2ccccn2)nc(-c2ccccn2)c1. The molecule has 0 atom stereocenters. The molecule has 0 aliphatic carbocycles. The maximum absolute atomic E-state index is 4.80. The standard InChI is InChI=1S/C21H14IN3/c22-17-8-2-1-7-16(17)15-13-20(18-9-3-5-11-23-18)25-21(14-15)19-10-4-6-12-24-19/h1-14H. The smallest absolute Gasteiger partial charge is 0.0900 e. The van der Waals surface area contributed by atoms with E-state index in [-0.39, 0.29) is 0 Å². The molecule has 0 amide bonds. The van der Waals surface area contributed by atoms with Gasteiger partial charge in [-0.3, -0.25) is 9.97 Å². The Morgan fingerprint density at radius 3 is 1.68 bits per heavy atom. The monoisotopic (exact) mass is 435 g/mol. The molecular weight excluding hydrogens is 421 g/mol. The van der Waals surface area contributed by atoms with Gasteiger partial charge in [0.15, 0.2) is 0 Å². The number of nitrogens with zero attached hydrogens (tertiary/aromatic N) is 3. The summed E-state index contributed by atoms with van der Waals surface area (Å²) in [6.07, 6.45) is 3.58. The molecule has 25 heavy (non-hydrogen) atoms. The van der Waals surface area contributed by atoms with Gasteiger partial charge in [-0.25, -0.2) is 4.98 Å². The maximum Gasteiger partial charge on any atom is 0.0900 e. The van der Waals surface area contributed by atoms with Crippen molar-refractivity contribution >= 4 is 22.6 Å². The van der Waals surface area contributed by atoms with Crippen molar-refractivity contribution in [3.63, 3.8) is 0 Å². The van der Waals surface area contributed by atoms with Gasteiger partial charge in [-0.2, -0.15) is 0 Å². The van der Waals surface area contributed by atoms with E-state index in [2.05, 4.69) is 62.9 Å². The first kappa shape index (κ1) is 15.9. The highest BCUT2D eigenvalue weighted by atomic mass is 127. The molecule has 0 saturated heterocycles. The predicted molar refractivity (Wildman–Crippen MR) is 109 cm³/mol. The van der Waals surface area contributed by atoms with Crippen LogP contribution in [0.4, 0.5) is 0 Å². The van der Waals surface area contributed by atoms with Gasteiger partial charge in [0.2, 0.25) is 0 Å². The highest BCUT2D eigenvalue weighted by Gasteiger charge is 2.11. The second kappa shape index (κ2) is 7.11. The predicted octanol–water partition coefficient (Wildman–Crippen LogP) is 5.48. The lowest BCUT2D eigenvalue weighted by atomic mass is 10.0. The van der Waals surface area contributed by atoms with E-state index in [4.69, 9.17) is 4.98 Å². The van der Waals surface area contributed by atoms with E-state index in [1.165, 1.54) is 9.13 Å². The Morgan fingerprint density at radius 2 is 1.16 bits per heavy atom. The van der Waals surface area contributed by atoms with Crippen molar-refractivity contribution < 1.29 is 0 Å². The number of halogens is 1. The fourth-order valence-electron chi connectivity index (χ4n) is 2.67. The molecule has 0 radical (unpaired) electrons. The molecule has 4 heteroatoms. The largest absolute Gasteiger partial charge is 0.255 e. The van der Waals surface area contributed by atoms with Crippen LogP contribution in [0, 0.1) is 3.57 Å². The van der Waals surface area contributed by atoms with E-state index >= 15 is 0 Å². The van der Waals surface area contributed by atoms with Gasteiger partial charge >= 0.3 is 0 Å². The van der Waals surface area contributed by atoms with Crippen molar-refractivity contribution in [1.82, 2.24) is 15.0 Å². The van der Waals surface area contributed by atoms with E-state index < -0.39 is 0 Å². The van der Waals surface area contributed by atoms with Gasteiger partial charge in [0, 0.05) is 16.0 Å². The minimum atomic E-state index is 0.846. The Bertz CT molecular complexity index is 944. The minimum absolute atomic E-state index is 0.846. The molecule has 4 rings (SSSR count). The number of hydrogen-bond acceptors (Lipinski definition) is 3. The van der Waals surface area contributed by atoms with Crippen LogP contribution in [0.1, 0.15) is 0 Å². The fraction of sp³-hybridized carbons (Fsp3) is 0. The second-order valence-electron chi connectivity index (χ2n) is 5.54. The zero-order valence-corrected chi connectivity index (χ0v) is 15.5. The molecule has 3 aromatic heterocycles. The van der Waals surface area contributed by atoms with Crippen LogP contribution in [-0.4, -0.2) is 15.0 Å². The molecule has 0 N–H and O–H groups in total. The van der Waals surface area contributed by atoms with Crippen LogP contribution in [0.2, 0.25) is 0 Å². The maximum atomic E-state index is 4.80. The third kappa shape index (κ3) is 3.44. The van der Waals surface area contributed by atoms with Crippen LogP contribution < -0.4 is 0 Å². The van der Waals surface area contributed by atoms with Crippen molar-refractivity contribution in [3.05, 3.63) is 88.8 Å². The summed E-state index contributed by atoms with van der Waals surface area (Å²) in [5, 5.41) is 0. The average molecular weight is 435 g/mol. The Morgan fingerprint density at radius 1 is 0.600 bits per heavy atom. The van der Waals surface area contributed by atoms with Crippen molar-refractivity contribution in [1.29, 1.82) is 0 Å². The Labute approximate surface area is 160 Å². The Balaban J connectivity index is 1.94. The van der Waals surface area contributed by atoms with E-state index in [9.17, 15) is 0 Å². The molecule has 0 saturated carbocycles. The number of pyridine rings is 3. The molecule has 0 aliphatic rings. The molecule has 1 aromatic carbocycles. The molecule has 0 unspecified atom stereocenters.